The molecule has 1 saturated heterocycles. The van der Waals surface area contributed by atoms with Crippen molar-refractivity contribution in [3.8, 4) is 17.2 Å². The van der Waals surface area contributed by atoms with Crippen LogP contribution in [0.5, 0.6) is 17.2 Å². The molecule has 3 aromatic carbocycles. The Morgan fingerprint density at radius 2 is 0.760 bits per heavy atom. The third kappa shape index (κ3) is 4.03. The molecule has 0 unspecified atom stereocenters. The van der Waals surface area contributed by atoms with E-state index in [1.165, 1.54) is 0 Å². The van der Waals surface area contributed by atoms with E-state index in [-0.39, 0.29) is 21.7 Å². The monoisotopic (exact) mass is 390 g/mol. The van der Waals surface area contributed by atoms with Crippen LogP contribution in [-0.2, 0) is 31.1 Å². The van der Waals surface area contributed by atoms with E-state index < -0.39 is 7.74 Å². The summed E-state index contributed by atoms with van der Waals surface area (Å²) >= 11 is 0. The minimum atomic E-state index is -4.21. The molecular formula is C18H15O5PTi. The van der Waals surface area contributed by atoms with Gasteiger partial charge in [0.1, 0.15) is 0 Å². The van der Waals surface area contributed by atoms with Crippen molar-refractivity contribution in [3.63, 3.8) is 0 Å². The Balaban J connectivity index is 0.00000182. The van der Waals surface area contributed by atoms with Gasteiger partial charge >= 0.3 is 139 Å². The predicted molar refractivity (Wildman–Crippen MR) is 90.3 cm³/mol. The number of rotatable bonds is 6. The molecule has 0 aliphatic carbocycles. The van der Waals surface area contributed by atoms with Gasteiger partial charge in [-0.25, -0.2) is 0 Å². The van der Waals surface area contributed by atoms with Gasteiger partial charge in [-0.05, 0) is 0 Å². The fraction of sp³-hybridized carbons (Fsp3) is 0. The van der Waals surface area contributed by atoms with Gasteiger partial charge in [0.05, 0.1) is 0 Å². The van der Waals surface area contributed by atoms with Gasteiger partial charge in [0.15, 0.2) is 0 Å². The van der Waals surface area contributed by atoms with E-state index in [0.29, 0.717) is 17.2 Å². The SMILES string of the molecule is [Ti].c1ccc(OP2(Oc3ccccc3)(Oc3ccccc3)OO2)cc1. The second kappa shape index (κ2) is 7.16. The maximum absolute atomic E-state index is 5.95. The summed E-state index contributed by atoms with van der Waals surface area (Å²) in [6.45, 7) is 0. The Morgan fingerprint density at radius 1 is 0.480 bits per heavy atom. The summed E-state index contributed by atoms with van der Waals surface area (Å²) in [6.07, 6.45) is 0. The first-order valence-electron chi connectivity index (χ1n) is 7.42. The molecule has 0 radical (unpaired) electrons. The van der Waals surface area contributed by atoms with Crippen molar-refractivity contribution >= 4 is 7.74 Å². The predicted octanol–water partition coefficient (Wildman–Crippen LogP) is 5.31. The molecule has 1 heterocycles. The topological polar surface area (TPSA) is 52.8 Å². The number of benzene rings is 3. The standard InChI is InChI=1S/C18H15O5P.Ti/c1-4-10-16(11-5-1)19-24(22-23-24,20-17-12-6-2-7-13-17)21-18-14-8-3-9-15-18;/h1-15H;. The number of para-hydroxylation sites is 3. The van der Waals surface area contributed by atoms with Crippen molar-refractivity contribution in [1.29, 1.82) is 0 Å². The molecule has 126 valence electrons. The Hall–Kier alpha value is -1.88. The molecule has 1 aliphatic rings. The van der Waals surface area contributed by atoms with E-state index in [4.69, 9.17) is 22.9 Å². The first-order chi connectivity index (χ1) is 11.8. The van der Waals surface area contributed by atoms with Gasteiger partial charge in [0, 0.05) is 21.7 Å². The quantitative estimate of drug-likeness (QED) is 0.247. The van der Waals surface area contributed by atoms with Crippen LogP contribution >= 0.6 is 7.74 Å². The summed E-state index contributed by atoms with van der Waals surface area (Å²) in [5, 5.41) is 0. The molecule has 5 nitrogen and oxygen atoms in total. The molecule has 25 heavy (non-hydrogen) atoms. The Bertz CT molecular complexity index is 704. The molecule has 7 heteroatoms. The van der Waals surface area contributed by atoms with Crippen molar-refractivity contribution in [2.45, 2.75) is 0 Å². The van der Waals surface area contributed by atoms with E-state index >= 15 is 0 Å². The van der Waals surface area contributed by atoms with E-state index in [9.17, 15) is 0 Å². The molecule has 0 aromatic heterocycles. The van der Waals surface area contributed by atoms with Crippen LogP contribution in [0.2, 0.25) is 0 Å². The van der Waals surface area contributed by atoms with Crippen LogP contribution < -0.4 is 13.6 Å². The minimum absolute atomic E-state index is 0. The van der Waals surface area contributed by atoms with Crippen molar-refractivity contribution < 1.29 is 44.6 Å². The third-order valence-corrected chi connectivity index (χ3v) is 5.29. The average molecular weight is 390 g/mol. The normalized spacial score (nSPS) is 17.8. The van der Waals surface area contributed by atoms with E-state index in [0.717, 1.165) is 0 Å². The van der Waals surface area contributed by atoms with Crippen molar-refractivity contribution in [2.75, 3.05) is 0 Å². The molecule has 0 saturated carbocycles. The second-order valence-electron chi connectivity index (χ2n) is 5.11. The first-order valence-corrected chi connectivity index (χ1v) is 9.25. The van der Waals surface area contributed by atoms with E-state index in [1.54, 1.807) is 36.4 Å². The van der Waals surface area contributed by atoms with Gasteiger partial charge in [-0.1, -0.05) is 0 Å². The second-order valence-corrected chi connectivity index (χ2v) is 7.44. The van der Waals surface area contributed by atoms with Crippen molar-refractivity contribution in [2.24, 2.45) is 0 Å². The summed E-state index contributed by atoms with van der Waals surface area (Å²) in [5.41, 5.74) is 0. The number of hydrogen-bond acceptors (Lipinski definition) is 5. The van der Waals surface area contributed by atoms with Gasteiger partial charge in [0.25, 0.3) is 0 Å². The Labute approximate surface area is 160 Å². The molecule has 4 rings (SSSR count). The van der Waals surface area contributed by atoms with Crippen molar-refractivity contribution in [3.05, 3.63) is 91.0 Å². The van der Waals surface area contributed by atoms with Gasteiger partial charge in [-0.2, -0.15) is 0 Å². The summed E-state index contributed by atoms with van der Waals surface area (Å²) in [5.74, 6) is 1.58. The zero-order valence-corrected chi connectivity index (χ0v) is 15.6. The zero-order chi connectivity index (χ0) is 16.3. The average Bonchev–Trinajstić information content (AvgIpc) is 3.31. The summed E-state index contributed by atoms with van der Waals surface area (Å²) in [7, 11) is -4.21. The molecule has 1 aliphatic heterocycles. The van der Waals surface area contributed by atoms with Crippen molar-refractivity contribution in [1.82, 2.24) is 0 Å². The van der Waals surface area contributed by atoms with Gasteiger partial charge < -0.3 is 0 Å². The van der Waals surface area contributed by atoms with Gasteiger partial charge in [-0.3, -0.25) is 0 Å². The third-order valence-electron chi connectivity index (χ3n) is 3.25. The van der Waals surface area contributed by atoms with Crippen LogP contribution in [0.15, 0.2) is 91.0 Å². The Kier molecular flexibility index (Phi) is 5.14. The van der Waals surface area contributed by atoms with Crippen LogP contribution in [0.1, 0.15) is 0 Å². The van der Waals surface area contributed by atoms with Gasteiger partial charge in [0.2, 0.25) is 0 Å². The Morgan fingerprint density at radius 3 is 1.00 bits per heavy atom. The molecular weight excluding hydrogens is 375 g/mol. The zero-order valence-electron chi connectivity index (χ0n) is 13.1. The maximum atomic E-state index is 5.95. The molecule has 0 N–H and O–H groups in total. The number of hydrogen-bond donors (Lipinski definition) is 0. The molecule has 0 amide bonds. The summed E-state index contributed by atoms with van der Waals surface area (Å²) in [4.78, 5) is 0. The van der Waals surface area contributed by atoms with Crippen LogP contribution in [0.3, 0.4) is 0 Å². The first kappa shape index (κ1) is 17.9. The fourth-order valence-corrected chi connectivity index (χ4v) is 4.17. The molecule has 0 spiro atoms. The molecule has 1 fully saturated rings. The van der Waals surface area contributed by atoms with E-state index in [1.807, 2.05) is 54.6 Å². The molecule has 0 atom stereocenters. The summed E-state index contributed by atoms with van der Waals surface area (Å²) in [6, 6.07) is 27.4. The van der Waals surface area contributed by atoms with E-state index in [2.05, 4.69) is 0 Å². The molecule has 3 aromatic rings. The van der Waals surface area contributed by atoms with Gasteiger partial charge in [-0.15, -0.1) is 0 Å². The molecule has 0 bridgehead atoms. The van der Waals surface area contributed by atoms with Crippen LogP contribution in [0, 0.1) is 0 Å². The fourth-order valence-electron chi connectivity index (χ4n) is 2.15. The van der Waals surface area contributed by atoms with Crippen LogP contribution in [0.25, 0.3) is 0 Å². The van der Waals surface area contributed by atoms with Crippen LogP contribution in [-0.4, -0.2) is 0 Å². The van der Waals surface area contributed by atoms with Crippen LogP contribution in [0.4, 0.5) is 0 Å². The summed E-state index contributed by atoms with van der Waals surface area (Å²) < 4.78 is 28.4.